The van der Waals surface area contributed by atoms with Crippen molar-refractivity contribution in [3.8, 4) is 11.5 Å². The first kappa shape index (κ1) is 18.1. The summed E-state index contributed by atoms with van der Waals surface area (Å²) in [5.74, 6) is 0.333. The zero-order chi connectivity index (χ0) is 19.5. The first-order valence-corrected chi connectivity index (χ1v) is 9.09. The first-order valence-electron chi connectivity index (χ1n) is 8.72. The number of benzene rings is 3. The molecule has 0 unspecified atom stereocenters. The largest absolute Gasteiger partial charge is 0.478 e. The van der Waals surface area contributed by atoms with Crippen LogP contribution in [0.1, 0.15) is 15.9 Å². The molecule has 0 saturated heterocycles. The Morgan fingerprint density at radius 3 is 2.50 bits per heavy atom. The second-order valence-electron chi connectivity index (χ2n) is 6.33. The van der Waals surface area contributed by atoms with Crippen molar-refractivity contribution in [3.63, 3.8) is 0 Å². The van der Waals surface area contributed by atoms with E-state index in [0.717, 1.165) is 5.56 Å². The Hall–Kier alpha value is -3.31. The van der Waals surface area contributed by atoms with Crippen LogP contribution < -0.4 is 14.8 Å². The highest BCUT2D eigenvalue weighted by molar-refractivity contribution is 6.30. The molecule has 0 bridgehead atoms. The first-order chi connectivity index (χ1) is 13.6. The SMILES string of the molecule is O=C(Nc1ccc(OC(=O)[C@H]2Cc3cc(Cl)ccc3O2)cc1)c1ccccc1. The smallest absolute Gasteiger partial charge is 0.353 e. The van der Waals surface area contributed by atoms with Gasteiger partial charge in [0, 0.05) is 22.7 Å². The van der Waals surface area contributed by atoms with Crippen molar-refractivity contribution in [2.75, 3.05) is 5.32 Å². The Morgan fingerprint density at radius 2 is 1.75 bits per heavy atom. The van der Waals surface area contributed by atoms with E-state index in [0.29, 0.717) is 34.2 Å². The van der Waals surface area contributed by atoms with Crippen LogP contribution in [0.2, 0.25) is 5.02 Å². The maximum atomic E-state index is 12.4. The lowest BCUT2D eigenvalue weighted by molar-refractivity contribution is -0.141. The van der Waals surface area contributed by atoms with Crippen LogP contribution in [0.25, 0.3) is 0 Å². The van der Waals surface area contributed by atoms with Gasteiger partial charge in [0.05, 0.1) is 0 Å². The van der Waals surface area contributed by atoms with Crippen molar-refractivity contribution in [3.05, 3.63) is 88.9 Å². The van der Waals surface area contributed by atoms with E-state index in [1.54, 1.807) is 66.7 Å². The van der Waals surface area contributed by atoms with Crippen molar-refractivity contribution < 1.29 is 19.1 Å². The number of carbonyl (C=O) groups is 2. The molecular formula is C22H16ClNO4. The van der Waals surface area contributed by atoms with E-state index in [1.807, 2.05) is 6.07 Å². The number of amides is 1. The van der Waals surface area contributed by atoms with E-state index in [-0.39, 0.29) is 5.91 Å². The Kier molecular flexibility index (Phi) is 5.00. The summed E-state index contributed by atoms with van der Waals surface area (Å²) in [5.41, 5.74) is 2.05. The molecule has 1 amide bonds. The van der Waals surface area contributed by atoms with Gasteiger partial charge in [-0.1, -0.05) is 29.8 Å². The Bertz CT molecular complexity index is 1020. The summed E-state index contributed by atoms with van der Waals surface area (Å²) in [6.45, 7) is 0. The molecule has 1 atom stereocenters. The number of hydrogen-bond donors (Lipinski definition) is 1. The predicted molar refractivity (Wildman–Crippen MR) is 106 cm³/mol. The Labute approximate surface area is 166 Å². The van der Waals surface area contributed by atoms with Gasteiger partial charge in [-0.05, 0) is 60.2 Å². The van der Waals surface area contributed by atoms with Gasteiger partial charge in [-0.3, -0.25) is 4.79 Å². The second-order valence-corrected chi connectivity index (χ2v) is 6.76. The molecule has 4 rings (SSSR count). The molecule has 28 heavy (non-hydrogen) atoms. The number of anilines is 1. The lowest BCUT2D eigenvalue weighted by atomic mass is 10.1. The van der Waals surface area contributed by atoms with Gasteiger partial charge >= 0.3 is 5.97 Å². The summed E-state index contributed by atoms with van der Waals surface area (Å²) in [6, 6.07) is 20.8. The van der Waals surface area contributed by atoms with Crippen LogP contribution in [0, 0.1) is 0 Å². The number of hydrogen-bond acceptors (Lipinski definition) is 4. The van der Waals surface area contributed by atoms with Gasteiger partial charge < -0.3 is 14.8 Å². The molecule has 1 heterocycles. The average molecular weight is 394 g/mol. The molecule has 0 spiro atoms. The van der Waals surface area contributed by atoms with Gasteiger partial charge in [-0.15, -0.1) is 0 Å². The minimum absolute atomic E-state index is 0.207. The zero-order valence-electron chi connectivity index (χ0n) is 14.7. The normalized spacial score (nSPS) is 14.7. The third-order valence-electron chi connectivity index (χ3n) is 4.33. The van der Waals surface area contributed by atoms with Gasteiger partial charge in [0.25, 0.3) is 5.91 Å². The van der Waals surface area contributed by atoms with Crippen molar-refractivity contribution >= 4 is 29.2 Å². The molecule has 1 aliphatic rings. The van der Waals surface area contributed by atoms with Crippen LogP contribution in [-0.2, 0) is 11.2 Å². The number of fused-ring (bicyclic) bond motifs is 1. The van der Waals surface area contributed by atoms with Crippen LogP contribution in [0.4, 0.5) is 5.69 Å². The number of halogens is 1. The van der Waals surface area contributed by atoms with Crippen LogP contribution >= 0.6 is 11.6 Å². The number of ether oxygens (including phenoxy) is 2. The standard InChI is InChI=1S/C22H16ClNO4/c23-16-6-11-19-15(12-16)13-20(28-19)22(26)27-18-9-7-17(8-10-18)24-21(25)14-4-2-1-3-5-14/h1-12,20H,13H2,(H,24,25)/t20-/m1/s1. The Morgan fingerprint density at radius 1 is 1.00 bits per heavy atom. The Balaban J connectivity index is 1.36. The number of carbonyl (C=O) groups excluding carboxylic acids is 2. The highest BCUT2D eigenvalue weighted by atomic mass is 35.5. The van der Waals surface area contributed by atoms with E-state index in [4.69, 9.17) is 21.1 Å². The molecular weight excluding hydrogens is 378 g/mol. The molecule has 1 N–H and O–H groups in total. The molecule has 140 valence electrons. The molecule has 3 aromatic rings. The van der Waals surface area contributed by atoms with Crippen LogP contribution in [0.15, 0.2) is 72.8 Å². The van der Waals surface area contributed by atoms with Crippen molar-refractivity contribution in [2.24, 2.45) is 0 Å². The van der Waals surface area contributed by atoms with E-state index >= 15 is 0 Å². The van der Waals surface area contributed by atoms with Crippen LogP contribution in [0.5, 0.6) is 11.5 Å². The lowest BCUT2D eigenvalue weighted by Gasteiger charge is -2.11. The third-order valence-corrected chi connectivity index (χ3v) is 4.56. The monoisotopic (exact) mass is 393 g/mol. The van der Waals surface area contributed by atoms with Gasteiger partial charge in [0.1, 0.15) is 11.5 Å². The summed E-state index contributed by atoms with van der Waals surface area (Å²) < 4.78 is 11.0. The minimum atomic E-state index is -0.703. The summed E-state index contributed by atoms with van der Waals surface area (Å²) in [5, 5.41) is 3.40. The molecule has 1 aliphatic heterocycles. The molecule has 5 nitrogen and oxygen atoms in total. The molecule has 0 radical (unpaired) electrons. The highest BCUT2D eigenvalue weighted by Crippen LogP contribution is 2.31. The summed E-state index contributed by atoms with van der Waals surface area (Å²) in [6.07, 6.45) is -0.286. The van der Waals surface area contributed by atoms with Crippen LogP contribution in [0.3, 0.4) is 0 Å². The minimum Gasteiger partial charge on any atom is -0.478 e. The molecule has 0 fully saturated rings. The fraction of sp³-hybridized carbons (Fsp3) is 0.0909. The summed E-state index contributed by atoms with van der Waals surface area (Å²) >= 11 is 5.97. The molecule has 3 aromatic carbocycles. The van der Waals surface area contributed by atoms with Crippen molar-refractivity contribution in [1.82, 2.24) is 0 Å². The number of nitrogens with one attached hydrogen (secondary N) is 1. The fourth-order valence-electron chi connectivity index (χ4n) is 2.93. The van der Waals surface area contributed by atoms with Crippen LogP contribution in [-0.4, -0.2) is 18.0 Å². The predicted octanol–water partition coefficient (Wildman–Crippen LogP) is 4.50. The zero-order valence-corrected chi connectivity index (χ0v) is 15.5. The highest BCUT2D eigenvalue weighted by Gasteiger charge is 2.31. The van der Waals surface area contributed by atoms with Gasteiger partial charge in [-0.2, -0.15) is 0 Å². The summed E-state index contributed by atoms with van der Waals surface area (Å²) in [4.78, 5) is 24.5. The molecule has 0 aliphatic carbocycles. The molecule has 6 heteroatoms. The summed E-state index contributed by atoms with van der Waals surface area (Å²) in [7, 11) is 0. The molecule has 0 aromatic heterocycles. The number of rotatable bonds is 4. The average Bonchev–Trinajstić information content (AvgIpc) is 3.13. The third kappa shape index (κ3) is 4.00. The van der Waals surface area contributed by atoms with E-state index in [2.05, 4.69) is 5.32 Å². The second kappa shape index (κ2) is 7.74. The van der Waals surface area contributed by atoms with E-state index < -0.39 is 12.1 Å². The number of esters is 1. The maximum absolute atomic E-state index is 12.4. The topological polar surface area (TPSA) is 64.6 Å². The van der Waals surface area contributed by atoms with E-state index in [1.165, 1.54) is 0 Å². The van der Waals surface area contributed by atoms with E-state index in [9.17, 15) is 9.59 Å². The van der Waals surface area contributed by atoms with Crippen molar-refractivity contribution in [2.45, 2.75) is 12.5 Å². The molecule has 0 saturated carbocycles. The van der Waals surface area contributed by atoms with Gasteiger partial charge in [0.15, 0.2) is 6.10 Å². The fourth-order valence-corrected chi connectivity index (χ4v) is 3.12. The quantitative estimate of drug-likeness (QED) is 0.523. The van der Waals surface area contributed by atoms with Gasteiger partial charge in [0.2, 0.25) is 0 Å². The van der Waals surface area contributed by atoms with Crippen molar-refractivity contribution in [1.29, 1.82) is 0 Å². The maximum Gasteiger partial charge on any atom is 0.353 e. The van der Waals surface area contributed by atoms with Gasteiger partial charge in [-0.25, -0.2) is 4.79 Å². The lowest BCUT2D eigenvalue weighted by Crippen LogP contribution is -2.29.